The van der Waals surface area contributed by atoms with Gasteiger partial charge >= 0.3 is 11.9 Å². The van der Waals surface area contributed by atoms with Gasteiger partial charge in [-0.05, 0) is 6.92 Å². The molecule has 0 spiro atoms. The van der Waals surface area contributed by atoms with E-state index in [0.29, 0.717) is 0 Å². The molecular weight excluding hydrogens is 152 g/mol. The first-order chi connectivity index (χ1) is 5.07. The van der Waals surface area contributed by atoms with Crippen molar-refractivity contribution in [3.05, 3.63) is 0 Å². The Morgan fingerprint density at radius 1 is 1.45 bits per heavy atom. The highest BCUT2D eigenvalue weighted by Gasteiger charge is 2.20. The first-order valence-corrected chi connectivity index (χ1v) is 3.14. The van der Waals surface area contributed by atoms with Gasteiger partial charge in [0.25, 0.3) is 0 Å². The summed E-state index contributed by atoms with van der Waals surface area (Å²) in [5.41, 5.74) is 0. The highest BCUT2D eigenvalue weighted by Crippen LogP contribution is 1.98. The van der Waals surface area contributed by atoms with E-state index >= 15 is 0 Å². The maximum atomic E-state index is 10.2. The molecule has 0 aromatic heterocycles. The molecule has 0 fully saturated rings. The molecule has 0 aliphatic rings. The van der Waals surface area contributed by atoms with Crippen LogP contribution in [0.2, 0.25) is 0 Å². The SMILES string of the molecule is CCO[C@H](CC(=O)O)C(=O)O. The molecule has 0 saturated heterocycles. The number of carbonyl (C=O) groups is 2. The topological polar surface area (TPSA) is 83.8 Å². The Kier molecular flexibility index (Phi) is 4.21. The van der Waals surface area contributed by atoms with Gasteiger partial charge in [-0.25, -0.2) is 4.79 Å². The van der Waals surface area contributed by atoms with Crippen LogP contribution in [0, 0.1) is 0 Å². The summed E-state index contributed by atoms with van der Waals surface area (Å²) in [6.07, 6.45) is -1.72. The minimum atomic E-state index is -1.24. The van der Waals surface area contributed by atoms with Crippen LogP contribution in [0.15, 0.2) is 0 Å². The number of hydrogen-bond donors (Lipinski definition) is 2. The average molecular weight is 162 g/mol. The van der Waals surface area contributed by atoms with Gasteiger partial charge in [0.1, 0.15) is 0 Å². The number of carboxylic acids is 2. The first kappa shape index (κ1) is 9.90. The number of aliphatic carboxylic acids is 2. The molecule has 0 rings (SSSR count). The van der Waals surface area contributed by atoms with E-state index in [1.54, 1.807) is 6.92 Å². The molecule has 0 radical (unpaired) electrons. The van der Waals surface area contributed by atoms with Crippen LogP contribution in [0.4, 0.5) is 0 Å². The maximum absolute atomic E-state index is 10.2. The van der Waals surface area contributed by atoms with Crippen LogP contribution in [-0.2, 0) is 14.3 Å². The van der Waals surface area contributed by atoms with Crippen molar-refractivity contribution in [2.75, 3.05) is 6.61 Å². The summed E-state index contributed by atoms with van der Waals surface area (Å²) < 4.78 is 4.63. The van der Waals surface area contributed by atoms with Crippen LogP contribution in [0.5, 0.6) is 0 Å². The van der Waals surface area contributed by atoms with Gasteiger partial charge in [-0.1, -0.05) is 0 Å². The molecule has 0 heterocycles. The summed E-state index contributed by atoms with van der Waals surface area (Å²) in [6.45, 7) is 1.81. The maximum Gasteiger partial charge on any atom is 0.333 e. The fourth-order valence-electron chi connectivity index (χ4n) is 0.577. The van der Waals surface area contributed by atoms with Gasteiger partial charge in [0.05, 0.1) is 6.42 Å². The Balaban J connectivity index is 3.89. The summed E-state index contributed by atoms with van der Waals surface area (Å²) in [5.74, 6) is -2.42. The predicted octanol–water partition coefficient (Wildman–Crippen LogP) is -0.0492. The van der Waals surface area contributed by atoms with E-state index < -0.39 is 24.5 Å². The minimum absolute atomic E-state index is 0.199. The van der Waals surface area contributed by atoms with Gasteiger partial charge in [-0.2, -0.15) is 0 Å². The van der Waals surface area contributed by atoms with Crippen molar-refractivity contribution in [1.82, 2.24) is 0 Å². The molecule has 5 heteroatoms. The van der Waals surface area contributed by atoms with E-state index in [2.05, 4.69) is 4.74 Å². The normalized spacial score (nSPS) is 12.5. The van der Waals surface area contributed by atoms with Crippen molar-refractivity contribution >= 4 is 11.9 Å². The second-order valence-corrected chi connectivity index (χ2v) is 1.88. The van der Waals surface area contributed by atoms with Gasteiger partial charge < -0.3 is 14.9 Å². The van der Waals surface area contributed by atoms with Crippen molar-refractivity contribution in [2.45, 2.75) is 19.4 Å². The van der Waals surface area contributed by atoms with Gasteiger partial charge in [-0.15, -0.1) is 0 Å². The molecule has 0 aliphatic heterocycles. The smallest absolute Gasteiger partial charge is 0.333 e. The van der Waals surface area contributed by atoms with Crippen molar-refractivity contribution < 1.29 is 24.5 Å². The fourth-order valence-corrected chi connectivity index (χ4v) is 0.577. The Hall–Kier alpha value is -1.10. The number of hydrogen-bond acceptors (Lipinski definition) is 3. The quantitative estimate of drug-likeness (QED) is 0.592. The first-order valence-electron chi connectivity index (χ1n) is 3.14. The van der Waals surface area contributed by atoms with Crippen molar-refractivity contribution in [2.24, 2.45) is 0 Å². The number of rotatable bonds is 5. The predicted molar refractivity (Wildman–Crippen MR) is 35.3 cm³/mol. The molecule has 0 aromatic carbocycles. The van der Waals surface area contributed by atoms with E-state index in [9.17, 15) is 9.59 Å². The summed E-state index contributed by atoms with van der Waals surface area (Å²) in [5, 5.41) is 16.6. The third kappa shape index (κ3) is 4.32. The fraction of sp³-hybridized carbons (Fsp3) is 0.667. The highest BCUT2D eigenvalue weighted by atomic mass is 16.5. The van der Waals surface area contributed by atoms with E-state index in [-0.39, 0.29) is 6.61 Å². The highest BCUT2D eigenvalue weighted by molar-refractivity contribution is 5.79. The second-order valence-electron chi connectivity index (χ2n) is 1.88. The van der Waals surface area contributed by atoms with Crippen LogP contribution in [-0.4, -0.2) is 34.9 Å². The van der Waals surface area contributed by atoms with E-state index in [0.717, 1.165) is 0 Å². The molecular formula is C6H10O5. The van der Waals surface area contributed by atoms with Crippen molar-refractivity contribution in [3.63, 3.8) is 0 Å². The van der Waals surface area contributed by atoms with E-state index in [4.69, 9.17) is 10.2 Å². The zero-order chi connectivity index (χ0) is 8.85. The molecule has 0 amide bonds. The molecule has 0 aliphatic carbocycles. The lowest BCUT2D eigenvalue weighted by Gasteiger charge is -2.08. The van der Waals surface area contributed by atoms with Crippen LogP contribution < -0.4 is 0 Å². The summed E-state index contributed by atoms with van der Waals surface area (Å²) >= 11 is 0. The molecule has 0 aromatic rings. The Labute approximate surface area is 63.6 Å². The van der Waals surface area contributed by atoms with Crippen molar-refractivity contribution in [3.8, 4) is 0 Å². The molecule has 11 heavy (non-hydrogen) atoms. The molecule has 64 valence electrons. The number of carboxylic acid groups (broad SMARTS) is 2. The van der Waals surface area contributed by atoms with Gasteiger partial charge in [0, 0.05) is 6.61 Å². The summed E-state index contributed by atoms with van der Waals surface area (Å²) in [7, 11) is 0. The van der Waals surface area contributed by atoms with Crippen LogP contribution >= 0.6 is 0 Å². The Morgan fingerprint density at radius 2 is 2.00 bits per heavy atom. The largest absolute Gasteiger partial charge is 0.481 e. The van der Waals surface area contributed by atoms with Crippen LogP contribution in [0.3, 0.4) is 0 Å². The zero-order valence-electron chi connectivity index (χ0n) is 6.11. The summed E-state index contributed by atoms with van der Waals surface area (Å²) in [6, 6.07) is 0. The van der Waals surface area contributed by atoms with Crippen LogP contribution in [0.1, 0.15) is 13.3 Å². The lowest BCUT2D eigenvalue weighted by molar-refractivity contribution is -0.156. The Bertz CT molecular complexity index is 153. The zero-order valence-corrected chi connectivity index (χ0v) is 6.11. The second kappa shape index (κ2) is 4.68. The van der Waals surface area contributed by atoms with Crippen molar-refractivity contribution in [1.29, 1.82) is 0 Å². The van der Waals surface area contributed by atoms with Gasteiger partial charge in [0.2, 0.25) is 0 Å². The van der Waals surface area contributed by atoms with Gasteiger partial charge in [-0.3, -0.25) is 4.79 Å². The Morgan fingerprint density at radius 3 is 2.27 bits per heavy atom. The monoisotopic (exact) mass is 162 g/mol. The summed E-state index contributed by atoms with van der Waals surface area (Å²) in [4.78, 5) is 20.3. The molecule has 0 saturated carbocycles. The average Bonchev–Trinajstić information content (AvgIpc) is 1.86. The lowest BCUT2D eigenvalue weighted by Crippen LogP contribution is -2.26. The van der Waals surface area contributed by atoms with Crippen LogP contribution in [0.25, 0.3) is 0 Å². The molecule has 5 nitrogen and oxygen atoms in total. The third-order valence-electron chi connectivity index (χ3n) is 1.00. The molecule has 2 N–H and O–H groups in total. The standard InChI is InChI=1S/C6H10O5/c1-2-11-4(6(9)10)3-5(7)8/h4H,2-3H2,1H3,(H,7,8)(H,9,10)/t4-/m1/s1. The van der Waals surface area contributed by atoms with E-state index in [1.807, 2.05) is 0 Å². The van der Waals surface area contributed by atoms with E-state index in [1.165, 1.54) is 0 Å². The third-order valence-corrected chi connectivity index (χ3v) is 1.00. The number of ether oxygens (including phenoxy) is 1. The lowest BCUT2D eigenvalue weighted by atomic mass is 10.2. The molecule has 0 bridgehead atoms. The minimum Gasteiger partial charge on any atom is -0.481 e. The molecule has 0 unspecified atom stereocenters. The van der Waals surface area contributed by atoms with Gasteiger partial charge in [0.15, 0.2) is 6.10 Å². The molecule has 1 atom stereocenters.